The fourth-order valence-corrected chi connectivity index (χ4v) is 3.00. The van der Waals surface area contributed by atoms with Gasteiger partial charge in [0, 0.05) is 12.7 Å². The maximum Gasteiger partial charge on any atom is 0.309 e. The number of methoxy groups -OCH3 is 2. The van der Waals surface area contributed by atoms with Gasteiger partial charge < -0.3 is 28.8 Å². The summed E-state index contributed by atoms with van der Waals surface area (Å²) in [5, 5.41) is 10.8. The lowest BCUT2D eigenvalue weighted by Crippen LogP contribution is -2.67. The summed E-state index contributed by atoms with van der Waals surface area (Å²) in [4.78, 5) is 24.5. The third-order valence-corrected chi connectivity index (χ3v) is 4.32. The van der Waals surface area contributed by atoms with Gasteiger partial charge >= 0.3 is 5.97 Å². The fourth-order valence-electron chi connectivity index (χ4n) is 3.00. The second kappa shape index (κ2) is 7.19. The van der Waals surface area contributed by atoms with Crippen LogP contribution in [0.25, 0.3) is 0 Å². The molecule has 0 aliphatic carbocycles. The second-order valence-corrected chi connectivity index (χ2v) is 5.92. The molecule has 2 aliphatic rings. The molecule has 0 saturated carbocycles. The number of carbonyl (C=O) groups is 2. The summed E-state index contributed by atoms with van der Waals surface area (Å²) in [6.45, 7) is 0.0874. The lowest BCUT2D eigenvalue weighted by molar-refractivity contribution is -0.331. The number of aliphatic hydroxyl groups is 1. The number of hydrogen-bond donors (Lipinski definition) is 1. The zero-order chi connectivity index (χ0) is 18.0. The average molecular weight is 352 g/mol. The Balaban J connectivity index is 1.83. The van der Waals surface area contributed by atoms with Crippen molar-refractivity contribution in [3.8, 4) is 0 Å². The Morgan fingerprint density at radius 2 is 2.00 bits per heavy atom. The molecule has 0 spiro atoms. The molecule has 1 aromatic rings. The van der Waals surface area contributed by atoms with E-state index in [9.17, 15) is 14.7 Å². The molecule has 25 heavy (non-hydrogen) atoms. The number of carbonyl (C=O) groups excluding carboxylic acids is 2. The Morgan fingerprint density at radius 1 is 1.28 bits per heavy atom. The van der Waals surface area contributed by atoms with E-state index in [1.54, 1.807) is 12.1 Å². The summed E-state index contributed by atoms with van der Waals surface area (Å²) in [5.41, 5.74) is -1.46. The largest absolute Gasteiger partial charge is 0.469 e. The van der Waals surface area contributed by atoms with Crippen molar-refractivity contribution < 1.29 is 38.4 Å². The van der Waals surface area contributed by atoms with E-state index in [4.69, 9.17) is 18.9 Å². The van der Waals surface area contributed by atoms with Crippen molar-refractivity contribution in [2.24, 2.45) is 0 Å². The Kier molecular flexibility index (Phi) is 5.16. The number of ether oxygens (including phenoxy) is 5. The summed E-state index contributed by atoms with van der Waals surface area (Å²) in [7, 11) is 2.44. The first-order valence-corrected chi connectivity index (χ1v) is 7.83. The van der Waals surface area contributed by atoms with E-state index in [0.717, 1.165) is 5.56 Å². The molecular formula is C17H20O8. The minimum atomic E-state index is -2.19. The molecule has 2 saturated heterocycles. The summed E-state index contributed by atoms with van der Waals surface area (Å²) in [5.74, 6) is -1.45. The van der Waals surface area contributed by atoms with Gasteiger partial charge in [0.1, 0.15) is 6.10 Å². The lowest BCUT2D eigenvalue weighted by Gasteiger charge is -2.46. The quantitative estimate of drug-likeness (QED) is 0.774. The van der Waals surface area contributed by atoms with E-state index in [1.807, 2.05) is 18.2 Å². The Bertz CT molecular complexity index is 633. The smallest absolute Gasteiger partial charge is 0.309 e. The van der Waals surface area contributed by atoms with E-state index in [2.05, 4.69) is 4.74 Å². The standard InChI is InChI=1S/C17H20O8/c1-21-12(18)8-17(20)14(19)13-11(24-16(17)22-2)9-23-15(25-13)10-6-4-3-5-7-10/h3-7,11,13,15-16,20H,8-9H2,1-2H3/t11-,13-,15-,16+,17-/m1/s1. The minimum Gasteiger partial charge on any atom is -0.469 e. The summed E-state index contributed by atoms with van der Waals surface area (Å²) < 4.78 is 26.6. The molecule has 0 aromatic heterocycles. The van der Waals surface area contributed by atoms with Crippen molar-refractivity contribution in [2.75, 3.05) is 20.8 Å². The summed E-state index contributed by atoms with van der Waals surface area (Å²) in [6.07, 6.45) is -4.50. The molecule has 0 amide bonds. The van der Waals surface area contributed by atoms with Gasteiger partial charge in [-0.3, -0.25) is 9.59 Å². The lowest BCUT2D eigenvalue weighted by atomic mass is 9.85. The maximum atomic E-state index is 12.9. The zero-order valence-corrected chi connectivity index (χ0v) is 13.9. The van der Waals surface area contributed by atoms with Gasteiger partial charge in [0.15, 0.2) is 24.3 Å². The molecule has 8 heteroatoms. The number of rotatable bonds is 4. The molecule has 2 aliphatic heterocycles. The van der Waals surface area contributed by atoms with Gasteiger partial charge in [0.2, 0.25) is 5.78 Å². The molecule has 0 radical (unpaired) electrons. The first kappa shape index (κ1) is 18.0. The van der Waals surface area contributed by atoms with Crippen LogP contribution in [-0.2, 0) is 33.3 Å². The number of Topliss-reactive ketones (excluding diaryl/α,β-unsaturated/α-hetero) is 1. The predicted molar refractivity (Wildman–Crippen MR) is 82.3 cm³/mol. The minimum absolute atomic E-state index is 0.0874. The van der Waals surface area contributed by atoms with Crippen molar-refractivity contribution in [3.05, 3.63) is 35.9 Å². The van der Waals surface area contributed by atoms with Crippen LogP contribution in [0, 0.1) is 0 Å². The van der Waals surface area contributed by atoms with Crippen LogP contribution in [0.1, 0.15) is 18.3 Å². The molecule has 2 heterocycles. The third kappa shape index (κ3) is 3.31. The number of fused-ring (bicyclic) bond motifs is 1. The van der Waals surface area contributed by atoms with Gasteiger partial charge in [0.25, 0.3) is 0 Å². The monoisotopic (exact) mass is 352 g/mol. The highest BCUT2D eigenvalue weighted by Crippen LogP contribution is 2.37. The molecule has 0 unspecified atom stereocenters. The van der Waals surface area contributed by atoms with Crippen molar-refractivity contribution in [2.45, 2.75) is 36.8 Å². The zero-order valence-electron chi connectivity index (χ0n) is 13.9. The van der Waals surface area contributed by atoms with Gasteiger partial charge in [-0.15, -0.1) is 0 Å². The van der Waals surface area contributed by atoms with E-state index in [0.29, 0.717) is 0 Å². The van der Waals surface area contributed by atoms with Crippen LogP contribution in [0.15, 0.2) is 30.3 Å². The molecule has 0 bridgehead atoms. The third-order valence-electron chi connectivity index (χ3n) is 4.32. The van der Waals surface area contributed by atoms with Crippen LogP contribution in [0.4, 0.5) is 0 Å². The molecule has 8 nitrogen and oxygen atoms in total. The highest BCUT2D eigenvalue weighted by Gasteiger charge is 2.59. The maximum absolute atomic E-state index is 12.9. The molecule has 1 aromatic carbocycles. The fraction of sp³-hybridized carbons (Fsp3) is 0.529. The van der Waals surface area contributed by atoms with Crippen LogP contribution in [-0.4, -0.2) is 61.8 Å². The number of hydrogen-bond acceptors (Lipinski definition) is 8. The van der Waals surface area contributed by atoms with Crippen molar-refractivity contribution in [1.29, 1.82) is 0 Å². The summed E-state index contributed by atoms with van der Waals surface area (Å²) in [6, 6.07) is 9.10. The Morgan fingerprint density at radius 3 is 2.64 bits per heavy atom. The second-order valence-electron chi connectivity index (χ2n) is 5.92. The Labute approximate surface area is 144 Å². The number of benzene rings is 1. The normalized spacial score (nSPS) is 35.1. The van der Waals surface area contributed by atoms with Crippen molar-refractivity contribution >= 4 is 11.8 Å². The van der Waals surface area contributed by atoms with Crippen LogP contribution >= 0.6 is 0 Å². The Hall–Kier alpha value is -1.84. The molecule has 3 rings (SSSR count). The SMILES string of the molecule is COC(=O)C[C@@]1(O)C(=O)[C@@H]2O[C@H](c3ccccc3)OC[C@H]2O[C@@H]1OC. The average Bonchev–Trinajstić information content (AvgIpc) is 2.65. The highest BCUT2D eigenvalue weighted by molar-refractivity contribution is 5.96. The highest BCUT2D eigenvalue weighted by atomic mass is 16.7. The topological polar surface area (TPSA) is 101 Å². The van der Waals surface area contributed by atoms with Gasteiger partial charge in [-0.1, -0.05) is 30.3 Å². The molecule has 1 N–H and O–H groups in total. The molecular weight excluding hydrogens is 332 g/mol. The summed E-state index contributed by atoms with van der Waals surface area (Å²) >= 11 is 0. The van der Waals surface area contributed by atoms with Crippen LogP contribution < -0.4 is 0 Å². The first-order chi connectivity index (χ1) is 12.0. The van der Waals surface area contributed by atoms with Crippen LogP contribution in [0.2, 0.25) is 0 Å². The number of esters is 1. The van der Waals surface area contributed by atoms with Crippen molar-refractivity contribution in [1.82, 2.24) is 0 Å². The molecule has 2 fully saturated rings. The van der Waals surface area contributed by atoms with Crippen molar-refractivity contribution in [3.63, 3.8) is 0 Å². The first-order valence-electron chi connectivity index (χ1n) is 7.83. The van der Waals surface area contributed by atoms with E-state index >= 15 is 0 Å². The number of ketones is 1. The van der Waals surface area contributed by atoms with Gasteiger partial charge in [-0.2, -0.15) is 0 Å². The van der Waals surface area contributed by atoms with E-state index in [-0.39, 0.29) is 6.61 Å². The molecule has 5 atom stereocenters. The van der Waals surface area contributed by atoms with Gasteiger partial charge in [0.05, 0.1) is 20.1 Å². The van der Waals surface area contributed by atoms with Gasteiger partial charge in [-0.25, -0.2) is 0 Å². The van der Waals surface area contributed by atoms with Crippen LogP contribution in [0.3, 0.4) is 0 Å². The van der Waals surface area contributed by atoms with E-state index < -0.39 is 48.6 Å². The van der Waals surface area contributed by atoms with Crippen LogP contribution in [0.5, 0.6) is 0 Å². The molecule has 136 valence electrons. The predicted octanol–water partition coefficient (Wildman–Crippen LogP) is 0.335. The van der Waals surface area contributed by atoms with Gasteiger partial charge in [-0.05, 0) is 0 Å². The van der Waals surface area contributed by atoms with E-state index in [1.165, 1.54) is 14.2 Å².